The van der Waals surface area contributed by atoms with Crippen molar-refractivity contribution in [2.24, 2.45) is 7.05 Å². The third-order valence-electron chi connectivity index (χ3n) is 3.13. The maximum absolute atomic E-state index is 12.2. The Bertz CT molecular complexity index is 596. The summed E-state index contributed by atoms with van der Waals surface area (Å²) in [5.74, 6) is -0.119. The average molecular weight is 326 g/mol. The lowest BCUT2D eigenvalue weighted by molar-refractivity contribution is -0.119. The summed E-state index contributed by atoms with van der Waals surface area (Å²) < 4.78 is 4.25. The molecule has 102 valence electrons. The van der Waals surface area contributed by atoms with E-state index in [1.165, 1.54) is 0 Å². The van der Waals surface area contributed by atoms with Gasteiger partial charge in [-0.05, 0) is 36.7 Å². The minimum absolute atomic E-state index is 0.119. The van der Waals surface area contributed by atoms with Gasteiger partial charge in [0.05, 0.1) is 27.7 Å². The van der Waals surface area contributed by atoms with Crippen LogP contribution in [0, 0.1) is 13.8 Å². The molecule has 19 heavy (non-hydrogen) atoms. The molecule has 0 spiro atoms. The van der Waals surface area contributed by atoms with Gasteiger partial charge in [0.2, 0.25) is 5.91 Å². The molecule has 6 nitrogen and oxygen atoms in total. The van der Waals surface area contributed by atoms with Crippen LogP contribution in [-0.2, 0) is 11.8 Å². The zero-order valence-electron chi connectivity index (χ0n) is 11.3. The Kier molecular flexibility index (Phi) is 3.75. The van der Waals surface area contributed by atoms with Gasteiger partial charge in [0.15, 0.2) is 0 Å². The summed E-state index contributed by atoms with van der Waals surface area (Å²) in [6.07, 6.45) is 3.44. The first-order chi connectivity index (χ1) is 8.90. The standard InChI is InChI=1S/C12H16BrN5O/c1-7-10(13)6-18(16-7)9(3)12(19)15-11-5-14-17(4)8(11)2/h5-6,9H,1-4H3,(H,15,19)/t9-/m1/s1. The molecule has 0 saturated heterocycles. The van der Waals surface area contributed by atoms with Crippen LogP contribution in [0.1, 0.15) is 24.4 Å². The third kappa shape index (κ3) is 2.70. The molecule has 2 rings (SSSR count). The van der Waals surface area contributed by atoms with Crippen LogP contribution in [0.3, 0.4) is 0 Å². The molecular formula is C12H16BrN5O. The van der Waals surface area contributed by atoms with Gasteiger partial charge < -0.3 is 5.32 Å². The van der Waals surface area contributed by atoms with E-state index in [1.807, 2.05) is 20.9 Å². The first-order valence-electron chi connectivity index (χ1n) is 5.91. The second-order valence-electron chi connectivity index (χ2n) is 4.47. The second-order valence-corrected chi connectivity index (χ2v) is 5.33. The Labute approximate surface area is 119 Å². The van der Waals surface area contributed by atoms with E-state index in [1.54, 1.807) is 28.7 Å². The monoisotopic (exact) mass is 325 g/mol. The number of anilines is 1. The lowest BCUT2D eigenvalue weighted by atomic mass is 10.3. The molecule has 0 aliphatic heterocycles. The molecule has 1 amide bonds. The smallest absolute Gasteiger partial charge is 0.249 e. The normalized spacial score (nSPS) is 12.5. The van der Waals surface area contributed by atoms with Gasteiger partial charge in [-0.25, -0.2) is 0 Å². The molecule has 0 aliphatic rings. The lowest BCUT2D eigenvalue weighted by Crippen LogP contribution is -2.24. The molecule has 2 aromatic rings. The molecule has 2 heterocycles. The van der Waals surface area contributed by atoms with Crippen molar-refractivity contribution in [3.63, 3.8) is 0 Å². The number of carbonyl (C=O) groups is 1. The summed E-state index contributed by atoms with van der Waals surface area (Å²) in [6.45, 7) is 5.60. The summed E-state index contributed by atoms with van der Waals surface area (Å²) in [7, 11) is 1.84. The Balaban J connectivity index is 2.14. The molecule has 0 bridgehead atoms. The summed E-state index contributed by atoms with van der Waals surface area (Å²) in [6, 6.07) is -0.385. The SMILES string of the molecule is Cc1nn([C@H](C)C(=O)Nc2cnn(C)c2C)cc1Br. The second kappa shape index (κ2) is 5.16. The van der Waals surface area contributed by atoms with Crippen LogP contribution in [0.5, 0.6) is 0 Å². The van der Waals surface area contributed by atoms with Crippen molar-refractivity contribution < 1.29 is 4.79 Å². The molecule has 1 N–H and O–H groups in total. The minimum Gasteiger partial charge on any atom is -0.321 e. The summed E-state index contributed by atoms with van der Waals surface area (Å²) in [5, 5.41) is 11.2. The molecule has 0 saturated carbocycles. The molecule has 7 heteroatoms. The van der Waals surface area contributed by atoms with Crippen molar-refractivity contribution in [3.8, 4) is 0 Å². The highest BCUT2D eigenvalue weighted by molar-refractivity contribution is 9.10. The largest absolute Gasteiger partial charge is 0.321 e. The molecule has 0 unspecified atom stereocenters. The van der Waals surface area contributed by atoms with E-state index in [2.05, 4.69) is 31.4 Å². The Morgan fingerprint density at radius 3 is 2.63 bits per heavy atom. The third-order valence-corrected chi connectivity index (χ3v) is 3.90. The molecule has 2 aromatic heterocycles. The number of nitrogens with zero attached hydrogens (tertiary/aromatic N) is 4. The highest BCUT2D eigenvalue weighted by Gasteiger charge is 2.18. The predicted molar refractivity (Wildman–Crippen MR) is 75.9 cm³/mol. The Morgan fingerprint density at radius 2 is 2.16 bits per heavy atom. The van der Waals surface area contributed by atoms with Crippen molar-refractivity contribution in [1.82, 2.24) is 19.6 Å². The molecule has 0 fully saturated rings. The maximum atomic E-state index is 12.2. The first-order valence-corrected chi connectivity index (χ1v) is 6.70. The van der Waals surface area contributed by atoms with Crippen LogP contribution in [-0.4, -0.2) is 25.5 Å². The highest BCUT2D eigenvalue weighted by atomic mass is 79.9. The molecule has 0 aliphatic carbocycles. The Morgan fingerprint density at radius 1 is 1.47 bits per heavy atom. The number of rotatable bonds is 3. The number of aromatic nitrogens is 4. The van der Waals surface area contributed by atoms with E-state index in [0.717, 1.165) is 21.5 Å². The van der Waals surface area contributed by atoms with E-state index < -0.39 is 0 Å². The number of hydrogen-bond acceptors (Lipinski definition) is 3. The number of nitrogens with one attached hydrogen (secondary N) is 1. The Hall–Kier alpha value is -1.63. The fourth-order valence-electron chi connectivity index (χ4n) is 1.64. The summed E-state index contributed by atoms with van der Waals surface area (Å²) in [5.41, 5.74) is 2.50. The topological polar surface area (TPSA) is 64.7 Å². The van der Waals surface area contributed by atoms with Crippen molar-refractivity contribution in [2.45, 2.75) is 26.8 Å². The van der Waals surface area contributed by atoms with Crippen LogP contribution in [0.25, 0.3) is 0 Å². The molecule has 1 atom stereocenters. The molecular weight excluding hydrogens is 310 g/mol. The predicted octanol–water partition coefficient (Wildman–Crippen LogP) is 2.20. The van der Waals surface area contributed by atoms with Gasteiger partial charge in [-0.3, -0.25) is 14.2 Å². The van der Waals surface area contributed by atoms with Crippen molar-refractivity contribution in [2.75, 3.05) is 5.32 Å². The number of halogens is 1. The van der Waals surface area contributed by atoms with Gasteiger partial charge in [0.1, 0.15) is 6.04 Å². The van der Waals surface area contributed by atoms with E-state index in [-0.39, 0.29) is 11.9 Å². The molecule has 0 aromatic carbocycles. The number of aryl methyl sites for hydroxylation is 2. The minimum atomic E-state index is -0.385. The quantitative estimate of drug-likeness (QED) is 0.940. The van der Waals surface area contributed by atoms with E-state index in [0.29, 0.717) is 0 Å². The van der Waals surface area contributed by atoms with Crippen LogP contribution in [0.4, 0.5) is 5.69 Å². The number of carbonyl (C=O) groups excluding carboxylic acids is 1. The van der Waals surface area contributed by atoms with Crippen LogP contribution < -0.4 is 5.32 Å². The van der Waals surface area contributed by atoms with E-state index >= 15 is 0 Å². The fourth-order valence-corrected chi connectivity index (χ4v) is 1.93. The van der Waals surface area contributed by atoms with Crippen molar-refractivity contribution in [3.05, 3.63) is 28.3 Å². The van der Waals surface area contributed by atoms with Crippen molar-refractivity contribution >= 4 is 27.5 Å². The molecule has 0 radical (unpaired) electrons. The zero-order chi connectivity index (χ0) is 14.2. The first kappa shape index (κ1) is 13.8. The van der Waals surface area contributed by atoms with Gasteiger partial charge >= 0.3 is 0 Å². The zero-order valence-corrected chi connectivity index (χ0v) is 12.9. The van der Waals surface area contributed by atoms with Crippen LogP contribution >= 0.6 is 15.9 Å². The summed E-state index contributed by atoms with van der Waals surface area (Å²) in [4.78, 5) is 12.2. The van der Waals surface area contributed by atoms with Gasteiger partial charge in [0, 0.05) is 13.2 Å². The number of amides is 1. The lowest BCUT2D eigenvalue weighted by Gasteiger charge is -2.12. The fraction of sp³-hybridized carbons (Fsp3) is 0.417. The van der Waals surface area contributed by atoms with Gasteiger partial charge in [-0.1, -0.05) is 0 Å². The average Bonchev–Trinajstić information content (AvgIpc) is 2.86. The van der Waals surface area contributed by atoms with Gasteiger partial charge in [0.25, 0.3) is 0 Å². The highest BCUT2D eigenvalue weighted by Crippen LogP contribution is 2.19. The van der Waals surface area contributed by atoms with E-state index in [4.69, 9.17) is 0 Å². The van der Waals surface area contributed by atoms with E-state index in [9.17, 15) is 4.79 Å². The van der Waals surface area contributed by atoms with Gasteiger partial charge in [-0.2, -0.15) is 10.2 Å². The van der Waals surface area contributed by atoms with Crippen LogP contribution in [0.2, 0.25) is 0 Å². The van der Waals surface area contributed by atoms with Crippen LogP contribution in [0.15, 0.2) is 16.9 Å². The number of hydrogen-bond donors (Lipinski definition) is 1. The van der Waals surface area contributed by atoms with Gasteiger partial charge in [-0.15, -0.1) is 0 Å². The maximum Gasteiger partial charge on any atom is 0.249 e. The summed E-state index contributed by atoms with van der Waals surface area (Å²) >= 11 is 3.39. The van der Waals surface area contributed by atoms with Crippen molar-refractivity contribution in [1.29, 1.82) is 0 Å².